The van der Waals surface area contributed by atoms with Crippen LogP contribution in [0.5, 0.6) is 0 Å². The second-order valence-electron chi connectivity index (χ2n) is 3.34. The van der Waals surface area contributed by atoms with Crippen LogP contribution >= 0.6 is 11.6 Å². The Hall–Kier alpha value is -1.09. The Balaban J connectivity index is 2.61. The van der Waals surface area contributed by atoms with Gasteiger partial charge in [0.2, 0.25) is 0 Å². The minimum absolute atomic E-state index is 0.248. The third kappa shape index (κ3) is 3.34. The molecule has 0 saturated heterocycles. The summed E-state index contributed by atoms with van der Waals surface area (Å²) in [5.74, 6) is -0.112. The van der Waals surface area contributed by atoms with Crippen LogP contribution in [-0.4, -0.2) is 17.6 Å². The number of carbonyl (C=O) groups excluding carboxylic acids is 1. The fourth-order valence-electron chi connectivity index (χ4n) is 0.838. The van der Waals surface area contributed by atoms with E-state index in [1.807, 2.05) is 13.8 Å². The molecule has 0 spiro atoms. The summed E-state index contributed by atoms with van der Waals surface area (Å²) >= 11 is 5.63. The minimum atomic E-state index is -0.429. The first-order valence-electron chi connectivity index (χ1n) is 4.39. The lowest BCUT2D eigenvalue weighted by Gasteiger charge is -2.06. The number of pyridine rings is 1. The predicted molar refractivity (Wildman–Crippen MR) is 54.4 cm³/mol. The van der Waals surface area contributed by atoms with Crippen LogP contribution < -0.4 is 0 Å². The zero-order chi connectivity index (χ0) is 10.6. The van der Waals surface area contributed by atoms with Crippen molar-refractivity contribution < 1.29 is 9.53 Å². The number of ether oxygens (including phenoxy) is 1. The minimum Gasteiger partial charge on any atom is -0.461 e. The van der Waals surface area contributed by atoms with Crippen LogP contribution in [0.15, 0.2) is 18.2 Å². The number of rotatable bonds is 3. The SMILES string of the molecule is CC(C)COC(=O)c1cccc(Cl)n1. The molecule has 0 fully saturated rings. The highest BCUT2D eigenvalue weighted by molar-refractivity contribution is 6.29. The molecule has 76 valence electrons. The molecule has 0 aliphatic carbocycles. The quantitative estimate of drug-likeness (QED) is 0.572. The first-order valence-corrected chi connectivity index (χ1v) is 4.77. The third-order valence-corrected chi connectivity index (χ3v) is 1.68. The second kappa shape index (κ2) is 4.96. The first kappa shape index (κ1) is 11.0. The Labute approximate surface area is 88.1 Å². The number of esters is 1. The van der Waals surface area contributed by atoms with Gasteiger partial charge < -0.3 is 4.74 Å². The number of hydrogen-bond acceptors (Lipinski definition) is 3. The molecule has 0 atom stereocenters. The van der Waals surface area contributed by atoms with E-state index in [0.717, 1.165) is 0 Å². The van der Waals surface area contributed by atoms with E-state index in [1.54, 1.807) is 18.2 Å². The Bertz CT molecular complexity index is 326. The number of carbonyl (C=O) groups is 1. The van der Waals surface area contributed by atoms with Crippen LogP contribution in [0.1, 0.15) is 24.3 Å². The van der Waals surface area contributed by atoms with Gasteiger partial charge in [0.25, 0.3) is 0 Å². The highest BCUT2D eigenvalue weighted by atomic mass is 35.5. The van der Waals surface area contributed by atoms with Gasteiger partial charge in [0.1, 0.15) is 10.8 Å². The standard InChI is InChI=1S/C10H12ClNO2/c1-7(2)6-14-10(13)8-4-3-5-9(11)12-8/h3-5,7H,6H2,1-2H3. The third-order valence-electron chi connectivity index (χ3n) is 1.47. The normalized spacial score (nSPS) is 10.3. The molecule has 1 aromatic rings. The lowest BCUT2D eigenvalue weighted by molar-refractivity contribution is 0.0452. The average Bonchev–Trinajstić information content (AvgIpc) is 2.14. The molecule has 0 amide bonds. The van der Waals surface area contributed by atoms with E-state index >= 15 is 0 Å². The van der Waals surface area contributed by atoms with Gasteiger partial charge in [0.15, 0.2) is 0 Å². The predicted octanol–water partition coefficient (Wildman–Crippen LogP) is 2.55. The lowest BCUT2D eigenvalue weighted by Crippen LogP contribution is -2.11. The zero-order valence-corrected chi connectivity index (χ0v) is 8.91. The largest absolute Gasteiger partial charge is 0.461 e. The molecule has 0 saturated carbocycles. The molecule has 3 nitrogen and oxygen atoms in total. The molecule has 0 aliphatic heterocycles. The highest BCUT2D eigenvalue weighted by Gasteiger charge is 2.09. The van der Waals surface area contributed by atoms with Crippen molar-refractivity contribution in [3.63, 3.8) is 0 Å². The van der Waals surface area contributed by atoms with Gasteiger partial charge in [-0.25, -0.2) is 9.78 Å². The van der Waals surface area contributed by atoms with Gasteiger partial charge in [0.05, 0.1) is 6.61 Å². The van der Waals surface area contributed by atoms with Crippen LogP contribution in [0.25, 0.3) is 0 Å². The fraction of sp³-hybridized carbons (Fsp3) is 0.400. The van der Waals surface area contributed by atoms with Gasteiger partial charge in [-0.05, 0) is 18.1 Å². The van der Waals surface area contributed by atoms with Crippen molar-refractivity contribution in [2.75, 3.05) is 6.61 Å². The van der Waals surface area contributed by atoms with Crippen molar-refractivity contribution >= 4 is 17.6 Å². The van der Waals surface area contributed by atoms with Crippen molar-refractivity contribution in [1.29, 1.82) is 0 Å². The molecule has 0 aliphatic rings. The van der Waals surface area contributed by atoms with Crippen molar-refractivity contribution in [2.24, 2.45) is 5.92 Å². The summed E-state index contributed by atoms with van der Waals surface area (Å²) in [5, 5.41) is 0.295. The Morgan fingerprint density at radius 3 is 2.86 bits per heavy atom. The molecule has 0 N–H and O–H groups in total. The van der Waals surface area contributed by atoms with E-state index < -0.39 is 5.97 Å². The van der Waals surface area contributed by atoms with E-state index in [1.165, 1.54) is 0 Å². The average molecular weight is 214 g/mol. The Kier molecular flexibility index (Phi) is 3.89. The van der Waals surface area contributed by atoms with Crippen LogP contribution in [0, 0.1) is 5.92 Å². The molecule has 0 unspecified atom stereocenters. The summed E-state index contributed by atoms with van der Waals surface area (Å²) in [6.07, 6.45) is 0. The van der Waals surface area contributed by atoms with Crippen LogP contribution in [0.2, 0.25) is 5.15 Å². The van der Waals surface area contributed by atoms with Crippen LogP contribution in [-0.2, 0) is 4.74 Å². The molecule has 4 heteroatoms. The van der Waals surface area contributed by atoms with Gasteiger partial charge in [-0.15, -0.1) is 0 Å². The molecule has 0 radical (unpaired) electrons. The molecule has 1 rings (SSSR count). The summed E-state index contributed by atoms with van der Waals surface area (Å²) in [6.45, 7) is 4.34. The molecular formula is C10H12ClNO2. The number of aromatic nitrogens is 1. The smallest absolute Gasteiger partial charge is 0.356 e. The first-order chi connectivity index (χ1) is 6.59. The van der Waals surface area contributed by atoms with Crippen molar-refractivity contribution in [2.45, 2.75) is 13.8 Å². The van der Waals surface area contributed by atoms with Crippen LogP contribution in [0.4, 0.5) is 0 Å². The maximum atomic E-state index is 11.4. The lowest BCUT2D eigenvalue weighted by atomic mass is 10.2. The molecule has 14 heavy (non-hydrogen) atoms. The van der Waals surface area contributed by atoms with E-state index in [4.69, 9.17) is 16.3 Å². The van der Waals surface area contributed by atoms with Crippen molar-refractivity contribution in [3.8, 4) is 0 Å². The van der Waals surface area contributed by atoms with Crippen molar-refractivity contribution in [3.05, 3.63) is 29.0 Å². The van der Waals surface area contributed by atoms with E-state index in [-0.39, 0.29) is 5.69 Å². The van der Waals surface area contributed by atoms with Crippen molar-refractivity contribution in [1.82, 2.24) is 4.98 Å². The van der Waals surface area contributed by atoms with E-state index in [0.29, 0.717) is 17.7 Å². The van der Waals surface area contributed by atoms with Gasteiger partial charge >= 0.3 is 5.97 Å². The summed E-state index contributed by atoms with van der Waals surface area (Å²) < 4.78 is 4.98. The highest BCUT2D eigenvalue weighted by Crippen LogP contribution is 2.06. The molecular weight excluding hydrogens is 202 g/mol. The summed E-state index contributed by atoms with van der Waals surface area (Å²) in [6, 6.07) is 4.86. The second-order valence-corrected chi connectivity index (χ2v) is 3.73. The monoisotopic (exact) mass is 213 g/mol. The molecule has 0 aromatic carbocycles. The summed E-state index contributed by atoms with van der Waals surface area (Å²) in [5.41, 5.74) is 0.248. The van der Waals surface area contributed by atoms with E-state index in [2.05, 4.69) is 4.98 Å². The summed E-state index contributed by atoms with van der Waals surface area (Å²) in [4.78, 5) is 15.2. The zero-order valence-electron chi connectivity index (χ0n) is 8.16. The maximum absolute atomic E-state index is 11.4. The molecule has 1 heterocycles. The van der Waals surface area contributed by atoms with Gasteiger partial charge in [-0.2, -0.15) is 0 Å². The molecule has 1 aromatic heterocycles. The fourth-order valence-corrected chi connectivity index (χ4v) is 1.00. The Morgan fingerprint density at radius 1 is 1.57 bits per heavy atom. The van der Waals surface area contributed by atoms with E-state index in [9.17, 15) is 4.79 Å². The Morgan fingerprint density at radius 2 is 2.29 bits per heavy atom. The number of nitrogens with zero attached hydrogens (tertiary/aromatic N) is 1. The summed E-state index contributed by atoms with van der Waals surface area (Å²) in [7, 11) is 0. The van der Waals surface area contributed by atoms with Crippen LogP contribution in [0.3, 0.4) is 0 Å². The van der Waals surface area contributed by atoms with Gasteiger partial charge in [0, 0.05) is 0 Å². The van der Waals surface area contributed by atoms with Gasteiger partial charge in [-0.1, -0.05) is 31.5 Å². The number of halogens is 1. The molecule has 0 bridgehead atoms. The maximum Gasteiger partial charge on any atom is 0.356 e. The van der Waals surface area contributed by atoms with Gasteiger partial charge in [-0.3, -0.25) is 0 Å². The number of hydrogen-bond donors (Lipinski definition) is 0. The topological polar surface area (TPSA) is 39.2 Å².